The topological polar surface area (TPSA) is 52.2 Å². The molecule has 8 heteroatoms. The third-order valence-corrected chi connectivity index (χ3v) is 4.50. The Morgan fingerprint density at radius 2 is 2.14 bits per heavy atom. The fraction of sp³-hybridized carbons (Fsp3) is 0.714. The van der Waals surface area contributed by atoms with Gasteiger partial charge in [0.05, 0.1) is 6.04 Å². The summed E-state index contributed by atoms with van der Waals surface area (Å²) in [6.45, 7) is 0.508. The Morgan fingerprint density at radius 3 is 2.82 bits per heavy atom. The molecule has 3 rings (SSSR count). The average Bonchev–Trinajstić information content (AvgIpc) is 3.09. The van der Waals surface area contributed by atoms with Gasteiger partial charge in [0, 0.05) is 30.9 Å². The molecule has 1 amide bonds. The summed E-state index contributed by atoms with van der Waals surface area (Å²) in [5.74, 6) is -0.122. The van der Waals surface area contributed by atoms with Crippen LogP contribution >= 0.6 is 0 Å². The highest BCUT2D eigenvalue weighted by Gasteiger charge is 2.42. The molecule has 0 aliphatic carbocycles. The van der Waals surface area contributed by atoms with Crippen LogP contribution in [0.25, 0.3) is 0 Å². The smallest absolute Gasteiger partial charge is 0.332 e. The Morgan fingerprint density at radius 1 is 1.32 bits per heavy atom. The summed E-state index contributed by atoms with van der Waals surface area (Å²) in [6.07, 6.45) is -0.214. The first-order valence-corrected chi connectivity index (χ1v) is 7.53. The SMILES string of the molecule is O=C1[C@@H](N2CCC[C@@H](c3ccn[nH]3)C2)CCN1CC(F)(F)F. The van der Waals surface area contributed by atoms with Crippen LogP contribution in [0.5, 0.6) is 0 Å². The molecule has 22 heavy (non-hydrogen) atoms. The van der Waals surface area contributed by atoms with Gasteiger partial charge in [0.2, 0.25) is 5.91 Å². The molecule has 0 aromatic carbocycles. The third kappa shape index (κ3) is 3.26. The van der Waals surface area contributed by atoms with Gasteiger partial charge in [-0.1, -0.05) is 0 Å². The zero-order chi connectivity index (χ0) is 15.7. The Bertz CT molecular complexity index is 517. The van der Waals surface area contributed by atoms with E-state index >= 15 is 0 Å². The van der Waals surface area contributed by atoms with Gasteiger partial charge < -0.3 is 4.90 Å². The van der Waals surface area contributed by atoms with Crippen LogP contribution in [0.4, 0.5) is 13.2 Å². The molecule has 2 saturated heterocycles. The van der Waals surface area contributed by atoms with Crippen LogP contribution in [0.1, 0.15) is 30.9 Å². The molecule has 1 aromatic heterocycles. The minimum Gasteiger partial charge on any atom is -0.332 e. The zero-order valence-corrected chi connectivity index (χ0v) is 12.1. The van der Waals surface area contributed by atoms with E-state index in [1.807, 2.05) is 11.0 Å². The first-order chi connectivity index (χ1) is 10.4. The molecule has 5 nitrogen and oxygen atoms in total. The molecule has 2 aliphatic rings. The van der Waals surface area contributed by atoms with Crippen molar-refractivity contribution in [1.82, 2.24) is 20.0 Å². The number of aromatic nitrogens is 2. The number of piperidine rings is 1. The van der Waals surface area contributed by atoms with E-state index in [1.165, 1.54) is 0 Å². The van der Waals surface area contributed by atoms with Crippen LogP contribution in [-0.4, -0.2) is 64.3 Å². The lowest BCUT2D eigenvalue weighted by Gasteiger charge is -2.35. The lowest BCUT2D eigenvalue weighted by Crippen LogP contribution is -2.47. The van der Waals surface area contributed by atoms with E-state index in [2.05, 4.69) is 10.2 Å². The summed E-state index contributed by atoms with van der Waals surface area (Å²) in [5.41, 5.74) is 1.03. The molecule has 0 radical (unpaired) electrons. The summed E-state index contributed by atoms with van der Waals surface area (Å²) >= 11 is 0. The van der Waals surface area contributed by atoms with Gasteiger partial charge in [-0.2, -0.15) is 18.3 Å². The molecule has 1 N–H and O–H groups in total. The number of aromatic amines is 1. The molecule has 1 aromatic rings. The van der Waals surface area contributed by atoms with Crippen LogP contribution in [-0.2, 0) is 4.79 Å². The third-order valence-electron chi connectivity index (χ3n) is 4.50. The van der Waals surface area contributed by atoms with E-state index in [0.29, 0.717) is 13.0 Å². The summed E-state index contributed by atoms with van der Waals surface area (Å²) in [4.78, 5) is 15.2. The van der Waals surface area contributed by atoms with Gasteiger partial charge >= 0.3 is 6.18 Å². The summed E-state index contributed by atoms with van der Waals surface area (Å²) in [5, 5.41) is 6.89. The molecule has 2 fully saturated rings. The predicted octanol–water partition coefficient (Wildman–Crippen LogP) is 1.75. The molecule has 0 spiro atoms. The number of H-pyrrole nitrogens is 1. The van der Waals surface area contributed by atoms with E-state index in [1.54, 1.807) is 6.20 Å². The van der Waals surface area contributed by atoms with Gasteiger partial charge in [-0.15, -0.1) is 0 Å². The van der Waals surface area contributed by atoms with Crippen molar-refractivity contribution >= 4 is 5.91 Å². The van der Waals surface area contributed by atoms with Gasteiger partial charge in [-0.05, 0) is 31.9 Å². The fourth-order valence-electron chi connectivity index (χ4n) is 3.47. The van der Waals surface area contributed by atoms with Crippen molar-refractivity contribution in [2.75, 3.05) is 26.2 Å². The quantitative estimate of drug-likeness (QED) is 0.924. The number of likely N-dealkylation sites (tertiary alicyclic amines) is 2. The molecule has 3 heterocycles. The maximum Gasteiger partial charge on any atom is 0.406 e. The van der Waals surface area contributed by atoms with Gasteiger partial charge in [0.1, 0.15) is 6.54 Å². The van der Waals surface area contributed by atoms with Crippen molar-refractivity contribution in [2.45, 2.75) is 37.4 Å². The minimum atomic E-state index is -4.33. The average molecular weight is 316 g/mol. The zero-order valence-electron chi connectivity index (χ0n) is 12.1. The fourth-order valence-corrected chi connectivity index (χ4v) is 3.47. The largest absolute Gasteiger partial charge is 0.406 e. The number of alkyl halides is 3. The van der Waals surface area contributed by atoms with Crippen molar-refractivity contribution in [2.24, 2.45) is 0 Å². The van der Waals surface area contributed by atoms with E-state index < -0.39 is 18.8 Å². The predicted molar refractivity (Wildman–Crippen MR) is 73.2 cm³/mol. The molecular formula is C14H19F3N4O. The molecule has 0 unspecified atom stereocenters. The van der Waals surface area contributed by atoms with E-state index in [9.17, 15) is 18.0 Å². The standard InChI is InChI=1S/C14H19F3N4O/c15-14(16,17)9-21-7-4-12(13(21)22)20-6-1-2-10(8-20)11-3-5-18-19-11/h3,5,10,12H,1-2,4,6-9H2,(H,18,19)/t10-,12+/m1/s1. The van der Waals surface area contributed by atoms with Crippen LogP contribution in [0, 0.1) is 0 Å². The minimum absolute atomic E-state index is 0.189. The monoisotopic (exact) mass is 316 g/mol. The van der Waals surface area contributed by atoms with Crippen LogP contribution in [0.15, 0.2) is 12.3 Å². The second-order valence-electron chi connectivity index (χ2n) is 6.03. The molecule has 2 aliphatic heterocycles. The molecule has 0 bridgehead atoms. The summed E-state index contributed by atoms with van der Waals surface area (Å²) < 4.78 is 37.4. The lowest BCUT2D eigenvalue weighted by molar-refractivity contribution is -0.159. The number of amides is 1. The van der Waals surface area contributed by atoms with Gasteiger partial charge in [0.15, 0.2) is 0 Å². The van der Waals surface area contributed by atoms with Crippen molar-refractivity contribution in [3.8, 4) is 0 Å². The number of rotatable bonds is 3. The van der Waals surface area contributed by atoms with Crippen LogP contribution < -0.4 is 0 Å². The van der Waals surface area contributed by atoms with E-state index in [0.717, 1.165) is 30.0 Å². The van der Waals surface area contributed by atoms with E-state index in [-0.39, 0.29) is 18.4 Å². The Balaban J connectivity index is 1.63. The lowest BCUT2D eigenvalue weighted by atomic mass is 9.93. The van der Waals surface area contributed by atoms with Gasteiger partial charge in [-0.3, -0.25) is 14.8 Å². The first-order valence-electron chi connectivity index (χ1n) is 7.53. The number of hydrogen-bond acceptors (Lipinski definition) is 3. The number of nitrogens with one attached hydrogen (secondary N) is 1. The van der Waals surface area contributed by atoms with Crippen LogP contribution in [0.3, 0.4) is 0 Å². The van der Waals surface area contributed by atoms with Crippen molar-refractivity contribution < 1.29 is 18.0 Å². The summed E-state index contributed by atoms with van der Waals surface area (Å²) in [6, 6.07) is 1.51. The highest BCUT2D eigenvalue weighted by Crippen LogP contribution is 2.30. The molecule has 0 saturated carbocycles. The number of carbonyl (C=O) groups is 1. The second-order valence-corrected chi connectivity index (χ2v) is 6.03. The van der Waals surface area contributed by atoms with Crippen molar-refractivity contribution in [1.29, 1.82) is 0 Å². The van der Waals surface area contributed by atoms with Gasteiger partial charge in [0.25, 0.3) is 0 Å². The van der Waals surface area contributed by atoms with E-state index in [4.69, 9.17) is 0 Å². The van der Waals surface area contributed by atoms with Crippen LogP contribution in [0.2, 0.25) is 0 Å². The molecule has 122 valence electrons. The highest BCUT2D eigenvalue weighted by molar-refractivity contribution is 5.84. The van der Waals surface area contributed by atoms with Crippen molar-refractivity contribution in [3.63, 3.8) is 0 Å². The number of hydrogen-bond donors (Lipinski definition) is 1. The Labute approximate surface area is 126 Å². The van der Waals surface area contributed by atoms with Crippen molar-refractivity contribution in [3.05, 3.63) is 18.0 Å². The maximum atomic E-state index is 12.5. The highest BCUT2D eigenvalue weighted by atomic mass is 19.4. The Kier molecular flexibility index (Phi) is 4.12. The molecule has 2 atom stereocenters. The maximum absolute atomic E-state index is 12.5. The summed E-state index contributed by atoms with van der Waals surface area (Å²) in [7, 11) is 0. The second kappa shape index (κ2) is 5.91. The molecular weight excluding hydrogens is 297 g/mol. The normalized spacial score (nSPS) is 27.6. The van der Waals surface area contributed by atoms with Gasteiger partial charge in [-0.25, -0.2) is 0 Å². The Hall–Kier alpha value is -1.57. The number of nitrogens with zero attached hydrogens (tertiary/aromatic N) is 3. The number of halogens is 3. The number of carbonyl (C=O) groups excluding carboxylic acids is 1. The first kappa shape index (κ1) is 15.3.